The van der Waals surface area contributed by atoms with Crippen molar-refractivity contribution in [2.24, 2.45) is 0 Å². The molecule has 0 aliphatic rings. The first-order valence-corrected chi connectivity index (χ1v) is 6.87. The van der Waals surface area contributed by atoms with Gasteiger partial charge in [0.2, 0.25) is 0 Å². The van der Waals surface area contributed by atoms with E-state index in [9.17, 15) is 0 Å². The lowest BCUT2D eigenvalue weighted by atomic mass is 10.2. The summed E-state index contributed by atoms with van der Waals surface area (Å²) in [5.41, 5.74) is 0.941. The predicted molar refractivity (Wildman–Crippen MR) is 77.0 cm³/mol. The maximum Gasteiger partial charge on any atom is 0.199 e. The first kappa shape index (κ1) is 13.3. The summed E-state index contributed by atoms with van der Waals surface area (Å²) in [4.78, 5) is 0. The van der Waals surface area contributed by atoms with Crippen molar-refractivity contribution in [3.05, 3.63) is 33.3 Å². The highest BCUT2D eigenvalue weighted by atomic mass is 79.9. The Morgan fingerprint density at radius 1 is 1.50 bits per heavy atom. The molecule has 96 valence electrons. The van der Waals surface area contributed by atoms with E-state index in [1.165, 1.54) is 0 Å². The Hall–Kier alpha value is -1.14. The van der Waals surface area contributed by atoms with Gasteiger partial charge in [-0.25, -0.2) is 0 Å². The number of aryl methyl sites for hydroxylation is 1. The van der Waals surface area contributed by atoms with Crippen molar-refractivity contribution in [1.82, 2.24) is 14.8 Å². The van der Waals surface area contributed by atoms with Gasteiger partial charge in [-0.3, -0.25) is 9.67 Å². The molecule has 0 aliphatic carbocycles. The molecule has 0 amide bonds. The van der Waals surface area contributed by atoms with Crippen LogP contribution in [-0.4, -0.2) is 21.9 Å². The average Bonchev–Trinajstić information content (AvgIpc) is 2.72. The number of nitrogens with one attached hydrogen (secondary N) is 1. The van der Waals surface area contributed by atoms with Gasteiger partial charge >= 0.3 is 0 Å². The number of halogens is 1. The quantitative estimate of drug-likeness (QED) is 0.871. The molecule has 18 heavy (non-hydrogen) atoms. The Bertz CT molecular complexity index is 606. The Morgan fingerprint density at radius 3 is 2.94 bits per heavy atom. The summed E-state index contributed by atoms with van der Waals surface area (Å²) >= 11 is 8.83. The van der Waals surface area contributed by atoms with Crippen LogP contribution in [0.5, 0.6) is 5.75 Å². The fraction of sp³-hybridized carbons (Fsp3) is 0.333. The van der Waals surface area contributed by atoms with Crippen molar-refractivity contribution in [3.63, 3.8) is 0 Å². The van der Waals surface area contributed by atoms with Crippen LogP contribution in [0.2, 0.25) is 0 Å². The molecule has 0 fully saturated rings. The van der Waals surface area contributed by atoms with E-state index >= 15 is 0 Å². The van der Waals surface area contributed by atoms with E-state index in [-0.39, 0.29) is 0 Å². The van der Waals surface area contributed by atoms with E-state index < -0.39 is 0 Å². The topological polar surface area (TPSA) is 42.8 Å². The minimum atomic E-state index is 0.590. The number of hydrogen-bond acceptors (Lipinski definition) is 3. The van der Waals surface area contributed by atoms with Crippen LogP contribution in [-0.2, 0) is 6.42 Å². The summed E-state index contributed by atoms with van der Waals surface area (Å²) in [6.07, 6.45) is 1.89. The zero-order chi connectivity index (χ0) is 13.1. The van der Waals surface area contributed by atoms with E-state index in [0.717, 1.165) is 34.6 Å². The van der Waals surface area contributed by atoms with Gasteiger partial charge in [0.05, 0.1) is 12.8 Å². The van der Waals surface area contributed by atoms with Crippen molar-refractivity contribution < 1.29 is 4.74 Å². The van der Waals surface area contributed by atoms with Crippen LogP contribution in [0.4, 0.5) is 0 Å². The van der Waals surface area contributed by atoms with Crippen LogP contribution in [0.1, 0.15) is 19.2 Å². The van der Waals surface area contributed by atoms with Crippen LogP contribution in [0.3, 0.4) is 0 Å². The fourth-order valence-corrected chi connectivity index (χ4v) is 2.43. The number of aromatic amines is 1. The lowest BCUT2D eigenvalue weighted by molar-refractivity contribution is 0.414. The molecule has 6 heteroatoms. The second-order valence-electron chi connectivity index (χ2n) is 3.85. The zero-order valence-corrected chi connectivity index (χ0v) is 12.6. The van der Waals surface area contributed by atoms with Gasteiger partial charge in [0, 0.05) is 17.0 Å². The molecule has 0 radical (unpaired) electrons. The molecule has 1 aromatic carbocycles. The summed E-state index contributed by atoms with van der Waals surface area (Å²) in [5.74, 6) is 1.72. The number of hydrogen-bond donors (Lipinski definition) is 1. The standard InChI is InChI=1S/C12H14BrN3OS/c1-3-4-11-14-15-12(18)16(11)10-7-8(17-2)5-6-9(10)13/h5-7H,3-4H2,1-2H3,(H,15,18). The maximum absolute atomic E-state index is 5.29. The van der Waals surface area contributed by atoms with Crippen LogP contribution in [0.25, 0.3) is 5.69 Å². The van der Waals surface area contributed by atoms with E-state index in [2.05, 4.69) is 33.1 Å². The van der Waals surface area contributed by atoms with Crippen LogP contribution in [0, 0.1) is 4.77 Å². The number of methoxy groups -OCH3 is 1. The summed E-state index contributed by atoms with van der Waals surface area (Å²) in [6, 6.07) is 5.78. The molecule has 0 aliphatic heterocycles. The van der Waals surface area contributed by atoms with Gasteiger partial charge in [0.1, 0.15) is 11.6 Å². The van der Waals surface area contributed by atoms with Gasteiger partial charge in [-0.05, 0) is 46.7 Å². The van der Waals surface area contributed by atoms with E-state index in [0.29, 0.717) is 4.77 Å². The molecule has 1 heterocycles. The first-order chi connectivity index (χ1) is 8.67. The number of rotatable bonds is 4. The summed E-state index contributed by atoms with van der Waals surface area (Å²) in [5, 5.41) is 7.10. The normalized spacial score (nSPS) is 10.6. The second-order valence-corrected chi connectivity index (χ2v) is 5.09. The fourth-order valence-electron chi connectivity index (χ4n) is 1.76. The molecule has 0 spiro atoms. The summed E-state index contributed by atoms with van der Waals surface area (Å²) < 4.78 is 8.73. The highest BCUT2D eigenvalue weighted by Gasteiger charge is 2.11. The van der Waals surface area contributed by atoms with Crippen molar-refractivity contribution in [2.45, 2.75) is 19.8 Å². The maximum atomic E-state index is 5.29. The number of ether oxygens (including phenoxy) is 1. The van der Waals surface area contributed by atoms with Gasteiger partial charge in [-0.1, -0.05) is 6.92 Å². The molecule has 0 atom stereocenters. The van der Waals surface area contributed by atoms with Crippen LogP contribution >= 0.6 is 28.1 Å². The Balaban J connectivity index is 2.60. The lowest BCUT2D eigenvalue weighted by Crippen LogP contribution is -2.02. The molecular formula is C12H14BrN3OS. The average molecular weight is 328 g/mol. The molecule has 1 N–H and O–H groups in total. The first-order valence-electron chi connectivity index (χ1n) is 5.67. The van der Waals surface area contributed by atoms with Gasteiger partial charge < -0.3 is 4.74 Å². The van der Waals surface area contributed by atoms with Gasteiger partial charge in [0.25, 0.3) is 0 Å². The number of benzene rings is 1. The van der Waals surface area contributed by atoms with Crippen molar-refractivity contribution in [1.29, 1.82) is 0 Å². The van der Waals surface area contributed by atoms with E-state index in [4.69, 9.17) is 17.0 Å². The van der Waals surface area contributed by atoms with Crippen molar-refractivity contribution in [3.8, 4) is 11.4 Å². The monoisotopic (exact) mass is 327 g/mol. The molecule has 4 nitrogen and oxygen atoms in total. The number of nitrogens with zero attached hydrogens (tertiary/aromatic N) is 2. The lowest BCUT2D eigenvalue weighted by Gasteiger charge is -2.10. The highest BCUT2D eigenvalue weighted by Crippen LogP contribution is 2.27. The molecule has 0 saturated carbocycles. The van der Waals surface area contributed by atoms with Crippen LogP contribution in [0.15, 0.2) is 22.7 Å². The zero-order valence-electron chi connectivity index (χ0n) is 10.2. The molecule has 0 unspecified atom stereocenters. The van der Waals surface area contributed by atoms with Crippen molar-refractivity contribution >= 4 is 28.1 Å². The van der Waals surface area contributed by atoms with E-state index in [1.54, 1.807) is 7.11 Å². The minimum Gasteiger partial charge on any atom is -0.497 e. The molecular weight excluding hydrogens is 314 g/mol. The van der Waals surface area contributed by atoms with Gasteiger partial charge in [-0.2, -0.15) is 5.10 Å². The smallest absolute Gasteiger partial charge is 0.199 e. The van der Waals surface area contributed by atoms with Gasteiger partial charge in [0.15, 0.2) is 4.77 Å². The third kappa shape index (κ3) is 2.49. The van der Waals surface area contributed by atoms with Gasteiger partial charge in [-0.15, -0.1) is 0 Å². The third-order valence-electron chi connectivity index (χ3n) is 2.61. The molecule has 0 saturated heterocycles. The summed E-state index contributed by atoms with van der Waals surface area (Å²) in [7, 11) is 1.65. The SMILES string of the molecule is CCCc1n[nH]c(=S)n1-c1cc(OC)ccc1Br. The van der Waals surface area contributed by atoms with Crippen molar-refractivity contribution in [2.75, 3.05) is 7.11 Å². The molecule has 2 aromatic rings. The third-order valence-corrected chi connectivity index (χ3v) is 3.55. The molecule has 0 bridgehead atoms. The predicted octanol–water partition coefficient (Wildman–Crippen LogP) is 3.65. The molecule has 2 rings (SSSR count). The Labute approximate surface area is 119 Å². The number of H-pyrrole nitrogens is 1. The minimum absolute atomic E-state index is 0.590. The second kappa shape index (κ2) is 5.67. The van der Waals surface area contributed by atoms with Crippen LogP contribution < -0.4 is 4.74 Å². The Morgan fingerprint density at radius 2 is 2.28 bits per heavy atom. The van der Waals surface area contributed by atoms with E-state index in [1.807, 2.05) is 22.8 Å². The summed E-state index contributed by atoms with van der Waals surface area (Å²) in [6.45, 7) is 2.11. The largest absolute Gasteiger partial charge is 0.497 e. The molecule has 1 aromatic heterocycles. The number of aromatic nitrogens is 3. The highest BCUT2D eigenvalue weighted by molar-refractivity contribution is 9.10. The Kier molecular flexibility index (Phi) is 4.19.